The lowest BCUT2D eigenvalue weighted by Crippen LogP contribution is -1.92. The van der Waals surface area contributed by atoms with E-state index in [1.807, 2.05) is 36.4 Å². The second kappa shape index (κ2) is 4.23. The van der Waals surface area contributed by atoms with E-state index in [4.69, 9.17) is 14.5 Å². The highest BCUT2D eigenvalue weighted by atomic mass is 16.7. The Balaban J connectivity index is 1.90. The first-order valence-electron chi connectivity index (χ1n) is 6.58. The summed E-state index contributed by atoms with van der Waals surface area (Å²) in [6.07, 6.45) is 0. The van der Waals surface area contributed by atoms with Gasteiger partial charge in [-0.25, -0.2) is 4.98 Å². The molecular formula is C17H13NO2. The van der Waals surface area contributed by atoms with Gasteiger partial charge in [0, 0.05) is 10.9 Å². The van der Waals surface area contributed by atoms with Crippen molar-refractivity contribution in [2.45, 2.75) is 6.92 Å². The van der Waals surface area contributed by atoms with E-state index in [0.29, 0.717) is 6.79 Å². The minimum Gasteiger partial charge on any atom is -0.454 e. The van der Waals surface area contributed by atoms with E-state index in [1.54, 1.807) is 0 Å². The molecule has 0 N–H and O–H groups in total. The number of para-hydroxylation sites is 1. The molecule has 0 bridgehead atoms. The number of benzene rings is 2. The fourth-order valence-corrected chi connectivity index (χ4v) is 2.54. The SMILES string of the molecule is Cc1cc2c(cc1-c1ccc3ccccc3n1)OCO2. The number of aryl methyl sites for hydroxylation is 1. The largest absolute Gasteiger partial charge is 0.454 e. The van der Waals surface area contributed by atoms with Crippen LogP contribution in [0.4, 0.5) is 0 Å². The minimum atomic E-state index is 0.295. The van der Waals surface area contributed by atoms with Gasteiger partial charge in [-0.1, -0.05) is 24.3 Å². The molecule has 0 radical (unpaired) electrons. The number of rotatable bonds is 1. The molecule has 98 valence electrons. The highest BCUT2D eigenvalue weighted by molar-refractivity contribution is 5.82. The third-order valence-corrected chi connectivity index (χ3v) is 3.59. The number of aromatic nitrogens is 1. The Labute approximate surface area is 116 Å². The Morgan fingerprint density at radius 3 is 2.65 bits per heavy atom. The van der Waals surface area contributed by atoms with E-state index in [2.05, 4.69) is 19.1 Å². The molecule has 0 spiro atoms. The van der Waals surface area contributed by atoms with Crippen LogP contribution in [0.1, 0.15) is 5.56 Å². The fraction of sp³-hybridized carbons (Fsp3) is 0.118. The molecule has 1 aromatic heterocycles. The molecule has 0 amide bonds. The van der Waals surface area contributed by atoms with Crippen molar-refractivity contribution < 1.29 is 9.47 Å². The number of ether oxygens (including phenoxy) is 2. The van der Waals surface area contributed by atoms with Crippen molar-refractivity contribution >= 4 is 10.9 Å². The van der Waals surface area contributed by atoms with Gasteiger partial charge < -0.3 is 9.47 Å². The molecule has 2 aromatic carbocycles. The molecule has 3 heteroatoms. The van der Waals surface area contributed by atoms with E-state index in [1.165, 1.54) is 0 Å². The van der Waals surface area contributed by atoms with Crippen molar-refractivity contribution in [2.24, 2.45) is 0 Å². The normalized spacial score (nSPS) is 12.8. The second-order valence-corrected chi connectivity index (χ2v) is 4.91. The van der Waals surface area contributed by atoms with Gasteiger partial charge in [-0.2, -0.15) is 0 Å². The predicted octanol–water partition coefficient (Wildman–Crippen LogP) is 3.94. The summed E-state index contributed by atoms with van der Waals surface area (Å²) in [6.45, 7) is 2.36. The highest BCUT2D eigenvalue weighted by Crippen LogP contribution is 2.38. The molecule has 3 aromatic rings. The second-order valence-electron chi connectivity index (χ2n) is 4.91. The Hall–Kier alpha value is -2.55. The Morgan fingerprint density at radius 2 is 1.75 bits per heavy atom. The van der Waals surface area contributed by atoms with Gasteiger partial charge in [0.15, 0.2) is 11.5 Å². The van der Waals surface area contributed by atoms with Crippen LogP contribution in [0.5, 0.6) is 11.5 Å². The molecule has 0 saturated heterocycles. The van der Waals surface area contributed by atoms with Crippen LogP contribution >= 0.6 is 0 Å². The molecule has 1 aliphatic heterocycles. The molecule has 1 aliphatic rings. The summed E-state index contributed by atoms with van der Waals surface area (Å²) in [5.74, 6) is 1.60. The van der Waals surface area contributed by atoms with E-state index >= 15 is 0 Å². The molecule has 4 rings (SSSR count). The molecule has 0 unspecified atom stereocenters. The van der Waals surface area contributed by atoms with Crippen molar-refractivity contribution in [1.82, 2.24) is 4.98 Å². The third-order valence-electron chi connectivity index (χ3n) is 3.59. The zero-order valence-corrected chi connectivity index (χ0v) is 11.1. The first kappa shape index (κ1) is 11.3. The van der Waals surface area contributed by atoms with E-state index < -0.39 is 0 Å². The molecular weight excluding hydrogens is 250 g/mol. The van der Waals surface area contributed by atoms with Crippen molar-refractivity contribution in [2.75, 3.05) is 6.79 Å². The van der Waals surface area contributed by atoms with E-state index in [0.717, 1.165) is 39.2 Å². The molecule has 0 saturated carbocycles. The lowest BCUT2D eigenvalue weighted by atomic mass is 10.0. The lowest BCUT2D eigenvalue weighted by Gasteiger charge is -2.08. The molecule has 20 heavy (non-hydrogen) atoms. The average molecular weight is 263 g/mol. The van der Waals surface area contributed by atoms with E-state index in [9.17, 15) is 0 Å². The molecule has 0 fully saturated rings. The van der Waals surface area contributed by atoms with E-state index in [-0.39, 0.29) is 0 Å². The first-order chi connectivity index (χ1) is 9.81. The highest BCUT2D eigenvalue weighted by Gasteiger charge is 2.17. The van der Waals surface area contributed by atoms with Gasteiger partial charge in [-0.15, -0.1) is 0 Å². The van der Waals surface area contributed by atoms with Gasteiger partial charge >= 0.3 is 0 Å². The summed E-state index contributed by atoms with van der Waals surface area (Å²) in [7, 11) is 0. The van der Waals surface area contributed by atoms with Crippen molar-refractivity contribution in [3.8, 4) is 22.8 Å². The maximum atomic E-state index is 5.45. The first-order valence-corrected chi connectivity index (χ1v) is 6.58. The van der Waals surface area contributed by atoms with Crippen LogP contribution in [0.3, 0.4) is 0 Å². The van der Waals surface area contributed by atoms with Crippen LogP contribution in [0.25, 0.3) is 22.2 Å². The van der Waals surface area contributed by atoms with Gasteiger partial charge in [0.25, 0.3) is 0 Å². The summed E-state index contributed by atoms with van der Waals surface area (Å²) >= 11 is 0. The van der Waals surface area contributed by atoms with Gasteiger partial charge in [-0.3, -0.25) is 0 Å². The molecule has 2 heterocycles. The Morgan fingerprint density at radius 1 is 0.950 bits per heavy atom. The summed E-state index contributed by atoms with van der Waals surface area (Å²) in [5, 5.41) is 1.15. The van der Waals surface area contributed by atoms with Crippen LogP contribution in [-0.4, -0.2) is 11.8 Å². The van der Waals surface area contributed by atoms with Gasteiger partial charge in [0.05, 0.1) is 11.2 Å². The quantitative estimate of drug-likeness (QED) is 0.666. The maximum Gasteiger partial charge on any atom is 0.231 e. The van der Waals surface area contributed by atoms with Crippen LogP contribution in [0.15, 0.2) is 48.5 Å². The monoisotopic (exact) mass is 263 g/mol. The maximum absolute atomic E-state index is 5.45. The topological polar surface area (TPSA) is 31.4 Å². The molecule has 3 nitrogen and oxygen atoms in total. The number of pyridine rings is 1. The van der Waals surface area contributed by atoms with Crippen LogP contribution < -0.4 is 9.47 Å². The summed E-state index contributed by atoms with van der Waals surface area (Å²) < 4.78 is 10.9. The number of nitrogens with zero attached hydrogens (tertiary/aromatic N) is 1. The minimum absolute atomic E-state index is 0.295. The molecule has 0 aliphatic carbocycles. The van der Waals surface area contributed by atoms with Crippen LogP contribution in [0.2, 0.25) is 0 Å². The molecule has 0 atom stereocenters. The third kappa shape index (κ3) is 1.71. The van der Waals surface area contributed by atoms with Crippen LogP contribution in [0, 0.1) is 6.92 Å². The Kier molecular flexibility index (Phi) is 2.39. The van der Waals surface area contributed by atoms with Crippen molar-refractivity contribution in [1.29, 1.82) is 0 Å². The summed E-state index contributed by atoms with van der Waals surface area (Å²) in [6, 6.07) is 16.3. The number of hydrogen-bond donors (Lipinski definition) is 0. The van der Waals surface area contributed by atoms with Gasteiger partial charge in [-0.05, 0) is 36.8 Å². The smallest absolute Gasteiger partial charge is 0.231 e. The zero-order valence-electron chi connectivity index (χ0n) is 11.1. The Bertz CT molecular complexity index is 811. The van der Waals surface area contributed by atoms with Crippen LogP contribution in [-0.2, 0) is 0 Å². The van der Waals surface area contributed by atoms with Crippen molar-refractivity contribution in [3.63, 3.8) is 0 Å². The standard InChI is InChI=1S/C17H13NO2/c1-11-8-16-17(20-10-19-16)9-13(11)15-7-6-12-4-2-3-5-14(12)18-15/h2-9H,10H2,1H3. The lowest BCUT2D eigenvalue weighted by molar-refractivity contribution is 0.174. The van der Waals surface area contributed by atoms with Gasteiger partial charge in [0.1, 0.15) is 0 Å². The number of hydrogen-bond acceptors (Lipinski definition) is 3. The number of fused-ring (bicyclic) bond motifs is 2. The summed E-state index contributed by atoms with van der Waals surface area (Å²) in [4.78, 5) is 4.74. The fourth-order valence-electron chi connectivity index (χ4n) is 2.54. The summed E-state index contributed by atoms with van der Waals surface area (Å²) in [5.41, 5.74) is 4.18. The zero-order chi connectivity index (χ0) is 13.5. The van der Waals surface area contributed by atoms with Crippen molar-refractivity contribution in [3.05, 3.63) is 54.1 Å². The average Bonchev–Trinajstić information content (AvgIpc) is 2.93. The van der Waals surface area contributed by atoms with Gasteiger partial charge in [0.2, 0.25) is 6.79 Å². The predicted molar refractivity (Wildman–Crippen MR) is 78.0 cm³/mol.